The normalized spacial score (nSPS) is 16.7. The Bertz CT molecular complexity index is 1180. The Kier molecular flexibility index (Phi) is 10.3. The largest absolute Gasteiger partial charge is 0.497 e. The molecular formula is C29H36ClF3N2O5. The minimum absolute atomic E-state index is 0.115. The molecule has 1 heterocycles. The van der Waals surface area contributed by atoms with E-state index in [2.05, 4.69) is 6.92 Å². The van der Waals surface area contributed by atoms with Crippen molar-refractivity contribution in [1.29, 1.82) is 0 Å². The molecule has 2 aromatic rings. The van der Waals surface area contributed by atoms with Gasteiger partial charge in [0.1, 0.15) is 11.5 Å². The van der Waals surface area contributed by atoms with Crippen molar-refractivity contribution in [2.75, 3.05) is 40.9 Å². The third kappa shape index (κ3) is 7.01. The molecule has 0 saturated carbocycles. The van der Waals surface area contributed by atoms with Crippen molar-refractivity contribution < 1.29 is 37.3 Å². The Labute approximate surface area is 237 Å². The summed E-state index contributed by atoms with van der Waals surface area (Å²) < 4.78 is 53.0. The van der Waals surface area contributed by atoms with Crippen molar-refractivity contribution in [3.05, 3.63) is 58.6 Å². The molecule has 1 unspecified atom stereocenters. The van der Waals surface area contributed by atoms with Gasteiger partial charge in [0.2, 0.25) is 0 Å². The van der Waals surface area contributed by atoms with E-state index >= 15 is 0 Å². The Hall–Kier alpha value is -2.98. The summed E-state index contributed by atoms with van der Waals surface area (Å²) in [6.07, 6.45) is -2.54. The smallest absolute Gasteiger partial charge is 0.430 e. The molecule has 0 aromatic heterocycles. The zero-order valence-electron chi connectivity index (χ0n) is 23.1. The number of piperidine rings is 1. The summed E-state index contributed by atoms with van der Waals surface area (Å²) in [5.41, 5.74) is -3.83. The fourth-order valence-corrected chi connectivity index (χ4v) is 5.24. The summed E-state index contributed by atoms with van der Waals surface area (Å²) in [6, 6.07) is 9.82. The summed E-state index contributed by atoms with van der Waals surface area (Å²) in [4.78, 5) is 27.7. The van der Waals surface area contributed by atoms with Gasteiger partial charge in [0, 0.05) is 32.7 Å². The van der Waals surface area contributed by atoms with E-state index in [4.69, 9.17) is 21.1 Å². The number of carbonyl (C=O) groups is 2. The first-order chi connectivity index (χ1) is 18.8. The SMILES string of the molecule is COc1cccc(C(O)(C(=O)N2CCC([C@H](C)CCCOc3ccc(C(=O)N(C)C)c(Cl)c3)CC2)C(F)(F)F)c1. The van der Waals surface area contributed by atoms with Crippen LogP contribution in [0.15, 0.2) is 42.5 Å². The van der Waals surface area contributed by atoms with Crippen LogP contribution in [-0.2, 0) is 10.4 Å². The van der Waals surface area contributed by atoms with Gasteiger partial charge in [0.15, 0.2) is 0 Å². The van der Waals surface area contributed by atoms with Gasteiger partial charge in [-0.05, 0) is 67.9 Å². The molecular weight excluding hydrogens is 549 g/mol. The number of carbonyl (C=O) groups excluding carboxylic acids is 2. The first-order valence-electron chi connectivity index (χ1n) is 13.2. The molecule has 40 heavy (non-hydrogen) atoms. The van der Waals surface area contributed by atoms with Crippen LogP contribution in [0.1, 0.15) is 48.5 Å². The number of rotatable bonds is 10. The fraction of sp³-hybridized carbons (Fsp3) is 0.517. The van der Waals surface area contributed by atoms with E-state index in [1.54, 1.807) is 32.3 Å². The van der Waals surface area contributed by atoms with Gasteiger partial charge in [-0.25, -0.2) is 0 Å². The average molecular weight is 585 g/mol. The Balaban J connectivity index is 1.52. The predicted molar refractivity (Wildman–Crippen MR) is 146 cm³/mol. The number of aliphatic hydroxyl groups is 1. The third-order valence-corrected chi connectivity index (χ3v) is 7.80. The lowest BCUT2D eigenvalue weighted by molar-refractivity contribution is -0.262. The van der Waals surface area contributed by atoms with Crippen molar-refractivity contribution in [1.82, 2.24) is 9.80 Å². The summed E-state index contributed by atoms with van der Waals surface area (Å²) in [5, 5.41) is 11.1. The molecule has 1 N–H and O–H groups in total. The predicted octanol–water partition coefficient (Wildman–Crippen LogP) is 5.53. The molecule has 1 aliphatic heterocycles. The minimum Gasteiger partial charge on any atom is -0.497 e. The van der Waals surface area contributed by atoms with Gasteiger partial charge in [-0.15, -0.1) is 0 Å². The van der Waals surface area contributed by atoms with Crippen molar-refractivity contribution in [3.63, 3.8) is 0 Å². The summed E-state index contributed by atoms with van der Waals surface area (Å²) in [5.74, 6) is -0.391. The minimum atomic E-state index is -5.20. The first kappa shape index (κ1) is 31.5. The van der Waals surface area contributed by atoms with Gasteiger partial charge < -0.3 is 24.4 Å². The van der Waals surface area contributed by atoms with Gasteiger partial charge in [0.05, 0.1) is 24.3 Å². The molecule has 2 atom stereocenters. The second kappa shape index (κ2) is 13.1. The number of halogens is 4. The number of benzene rings is 2. The topological polar surface area (TPSA) is 79.3 Å². The summed E-state index contributed by atoms with van der Waals surface area (Å²) >= 11 is 6.23. The number of nitrogens with zero attached hydrogens (tertiary/aromatic N) is 2. The van der Waals surface area contributed by atoms with E-state index in [0.717, 1.165) is 29.9 Å². The van der Waals surface area contributed by atoms with Gasteiger partial charge in [-0.2, -0.15) is 13.2 Å². The second-order valence-electron chi connectivity index (χ2n) is 10.4. The molecule has 2 amide bonds. The summed E-state index contributed by atoms with van der Waals surface area (Å²) in [6.45, 7) is 2.79. The van der Waals surface area contributed by atoms with Crippen LogP contribution in [0.3, 0.4) is 0 Å². The number of ether oxygens (including phenoxy) is 2. The number of amides is 2. The maximum atomic E-state index is 14.1. The number of methoxy groups -OCH3 is 1. The lowest BCUT2D eigenvalue weighted by Gasteiger charge is -2.39. The number of hydrogen-bond donors (Lipinski definition) is 1. The van der Waals surface area contributed by atoms with Crippen LogP contribution < -0.4 is 9.47 Å². The molecule has 0 aliphatic carbocycles. The van der Waals surface area contributed by atoms with Crippen LogP contribution in [-0.4, -0.2) is 73.8 Å². The van der Waals surface area contributed by atoms with Crippen LogP contribution in [0.4, 0.5) is 13.2 Å². The van der Waals surface area contributed by atoms with Gasteiger partial charge in [-0.1, -0.05) is 30.7 Å². The zero-order valence-corrected chi connectivity index (χ0v) is 23.9. The van der Waals surface area contributed by atoms with Gasteiger partial charge in [-0.3, -0.25) is 9.59 Å². The zero-order chi connectivity index (χ0) is 29.7. The monoisotopic (exact) mass is 584 g/mol. The Morgan fingerprint density at radius 3 is 2.38 bits per heavy atom. The number of likely N-dealkylation sites (tertiary alicyclic amines) is 1. The molecule has 11 heteroatoms. The van der Waals surface area contributed by atoms with Gasteiger partial charge >= 0.3 is 6.18 Å². The fourth-order valence-electron chi connectivity index (χ4n) is 4.99. The average Bonchev–Trinajstić information content (AvgIpc) is 2.93. The van der Waals surface area contributed by atoms with Crippen molar-refractivity contribution in [2.24, 2.45) is 11.8 Å². The maximum absolute atomic E-state index is 14.1. The van der Waals surface area contributed by atoms with Crippen LogP contribution in [0.25, 0.3) is 0 Å². The quantitative estimate of drug-likeness (QED) is 0.371. The van der Waals surface area contributed by atoms with E-state index in [-0.39, 0.29) is 36.6 Å². The lowest BCUT2D eigenvalue weighted by atomic mass is 9.82. The summed E-state index contributed by atoms with van der Waals surface area (Å²) in [7, 11) is 4.60. The third-order valence-electron chi connectivity index (χ3n) is 7.49. The molecule has 0 spiro atoms. The molecule has 1 fully saturated rings. The molecule has 220 valence electrons. The molecule has 7 nitrogen and oxygen atoms in total. The first-order valence-corrected chi connectivity index (χ1v) is 13.5. The van der Waals surface area contributed by atoms with Crippen LogP contribution >= 0.6 is 11.6 Å². The highest BCUT2D eigenvalue weighted by Gasteiger charge is 2.62. The molecule has 1 aliphatic rings. The van der Waals surface area contributed by atoms with E-state index in [1.807, 2.05) is 0 Å². The standard InChI is InChI=1S/C29H36ClF3N2O5/c1-19(7-6-16-40-23-10-11-24(25(30)18-23)26(36)34(2)3)20-12-14-35(15-13-20)27(37)28(38,29(31,32)33)21-8-5-9-22(17-21)39-4/h5,8-11,17-20,38H,6-7,12-16H2,1-4H3/t19-,28?/m1/s1. The molecule has 0 radical (unpaired) electrons. The van der Waals surface area contributed by atoms with E-state index in [9.17, 15) is 27.9 Å². The van der Waals surface area contributed by atoms with Crippen molar-refractivity contribution >= 4 is 23.4 Å². The molecule has 2 aromatic carbocycles. The van der Waals surface area contributed by atoms with Crippen LogP contribution in [0, 0.1) is 11.8 Å². The lowest BCUT2D eigenvalue weighted by Crippen LogP contribution is -2.57. The van der Waals surface area contributed by atoms with E-state index in [1.165, 1.54) is 24.1 Å². The highest BCUT2D eigenvalue weighted by atomic mass is 35.5. The van der Waals surface area contributed by atoms with E-state index in [0.29, 0.717) is 35.8 Å². The molecule has 3 rings (SSSR count). The Morgan fingerprint density at radius 2 is 1.80 bits per heavy atom. The van der Waals surface area contributed by atoms with E-state index < -0.39 is 23.2 Å². The molecule has 1 saturated heterocycles. The second-order valence-corrected chi connectivity index (χ2v) is 10.8. The van der Waals surface area contributed by atoms with Crippen LogP contribution in [0.2, 0.25) is 5.02 Å². The van der Waals surface area contributed by atoms with Crippen molar-refractivity contribution in [2.45, 2.75) is 44.4 Å². The van der Waals surface area contributed by atoms with Crippen LogP contribution in [0.5, 0.6) is 11.5 Å². The highest BCUT2D eigenvalue weighted by molar-refractivity contribution is 6.34. The number of alkyl halides is 3. The van der Waals surface area contributed by atoms with Gasteiger partial charge in [0.25, 0.3) is 17.4 Å². The maximum Gasteiger partial charge on any atom is 0.430 e. The Morgan fingerprint density at radius 1 is 1.12 bits per heavy atom. The highest BCUT2D eigenvalue weighted by Crippen LogP contribution is 2.42. The number of hydrogen-bond acceptors (Lipinski definition) is 5. The van der Waals surface area contributed by atoms with Crippen molar-refractivity contribution in [3.8, 4) is 11.5 Å². The molecule has 0 bridgehead atoms.